The van der Waals surface area contributed by atoms with Crippen molar-refractivity contribution in [3.05, 3.63) is 12.0 Å². The minimum atomic E-state index is -3.48. The second-order valence-corrected chi connectivity index (χ2v) is 6.97. The van der Waals surface area contributed by atoms with Gasteiger partial charge < -0.3 is 9.88 Å². The van der Waals surface area contributed by atoms with Crippen LogP contribution in [0.2, 0.25) is 0 Å². The summed E-state index contributed by atoms with van der Waals surface area (Å²) in [4.78, 5) is 4.28. The molecule has 1 aromatic heterocycles. The van der Waals surface area contributed by atoms with Crippen LogP contribution in [0.4, 0.5) is 0 Å². The zero-order valence-electron chi connectivity index (χ0n) is 10.9. The molecule has 0 spiro atoms. The third-order valence-electron chi connectivity index (χ3n) is 3.78. The van der Waals surface area contributed by atoms with E-state index in [9.17, 15) is 8.42 Å². The van der Waals surface area contributed by atoms with E-state index in [0.29, 0.717) is 6.54 Å². The number of aryl methyl sites for hydroxylation is 2. The minimum absolute atomic E-state index is 0.0162. The fourth-order valence-corrected chi connectivity index (χ4v) is 4.00. The molecule has 3 rings (SSSR count). The van der Waals surface area contributed by atoms with Gasteiger partial charge in [0.25, 0.3) is 10.0 Å². The van der Waals surface area contributed by atoms with Gasteiger partial charge in [0.1, 0.15) is 5.82 Å². The lowest BCUT2D eigenvalue weighted by Crippen LogP contribution is -2.45. The van der Waals surface area contributed by atoms with Crippen LogP contribution in [0, 0.1) is 0 Å². The first-order chi connectivity index (χ1) is 9.15. The van der Waals surface area contributed by atoms with Gasteiger partial charge in [-0.1, -0.05) is 0 Å². The Kier molecular flexibility index (Phi) is 3.60. The van der Waals surface area contributed by atoms with E-state index in [2.05, 4.69) is 15.0 Å². The van der Waals surface area contributed by atoms with E-state index >= 15 is 0 Å². The Morgan fingerprint density at radius 2 is 2.26 bits per heavy atom. The molecule has 106 valence electrons. The second kappa shape index (κ2) is 5.22. The van der Waals surface area contributed by atoms with Crippen LogP contribution in [0.1, 0.15) is 31.5 Å². The zero-order valence-corrected chi connectivity index (χ0v) is 11.7. The van der Waals surface area contributed by atoms with Crippen molar-refractivity contribution < 1.29 is 8.42 Å². The van der Waals surface area contributed by atoms with Crippen molar-refractivity contribution in [2.45, 2.75) is 49.7 Å². The SMILES string of the molecule is O=S(=O)(N[C@@H]1CCCNC1)c1cn2c(n1)CCCC2. The molecule has 3 heterocycles. The zero-order chi connectivity index (χ0) is 13.3. The van der Waals surface area contributed by atoms with E-state index in [0.717, 1.165) is 51.0 Å². The van der Waals surface area contributed by atoms with E-state index in [4.69, 9.17) is 0 Å². The molecule has 1 saturated heterocycles. The highest BCUT2D eigenvalue weighted by atomic mass is 32.2. The fraction of sp³-hybridized carbons (Fsp3) is 0.750. The smallest absolute Gasteiger partial charge is 0.259 e. The van der Waals surface area contributed by atoms with Crippen molar-refractivity contribution in [1.29, 1.82) is 0 Å². The van der Waals surface area contributed by atoms with Crippen LogP contribution in [-0.4, -0.2) is 37.1 Å². The third kappa shape index (κ3) is 2.82. The molecular formula is C12H20N4O2S. The summed E-state index contributed by atoms with van der Waals surface area (Å²) < 4.78 is 29.3. The molecule has 2 aliphatic rings. The highest BCUT2D eigenvalue weighted by Gasteiger charge is 2.25. The molecule has 0 aliphatic carbocycles. The Labute approximate surface area is 113 Å². The summed E-state index contributed by atoms with van der Waals surface area (Å²) in [5, 5.41) is 3.38. The number of piperidine rings is 1. The van der Waals surface area contributed by atoms with Crippen molar-refractivity contribution in [2.24, 2.45) is 0 Å². The number of aromatic nitrogens is 2. The Morgan fingerprint density at radius 1 is 1.37 bits per heavy atom. The number of hydrogen-bond donors (Lipinski definition) is 2. The first kappa shape index (κ1) is 13.1. The molecular weight excluding hydrogens is 264 g/mol. The Balaban J connectivity index is 1.77. The summed E-state index contributed by atoms with van der Waals surface area (Å²) in [7, 11) is -3.48. The van der Waals surface area contributed by atoms with Crippen LogP contribution < -0.4 is 10.0 Å². The second-order valence-electron chi connectivity index (χ2n) is 5.31. The third-order valence-corrected chi connectivity index (χ3v) is 5.17. The van der Waals surface area contributed by atoms with Crippen molar-refractivity contribution >= 4 is 10.0 Å². The van der Waals surface area contributed by atoms with Gasteiger partial charge >= 0.3 is 0 Å². The standard InChI is InChI=1S/C12H20N4O2S/c17-19(18,15-10-4-3-6-13-8-10)12-9-16-7-2-1-5-11(16)14-12/h9-10,13,15H,1-8H2/t10-/m1/s1. The van der Waals surface area contributed by atoms with Crippen molar-refractivity contribution in [2.75, 3.05) is 13.1 Å². The topological polar surface area (TPSA) is 76.0 Å². The highest BCUT2D eigenvalue weighted by Crippen LogP contribution is 2.18. The Morgan fingerprint density at radius 3 is 3.00 bits per heavy atom. The molecule has 7 heteroatoms. The molecule has 6 nitrogen and oxygen atoms in total. The lowest BCUT2D eigenvalue weighted by molar-refractivity contribution is 0.428. The lowest BCUT2D eigenvalue weighted by atomic mass is 10.1. The van der Waals surface area contributed by atoms with E-state index in [1.807, 2.05) is 4.57 Å². The maximum absolute atomic E-state index is 12.3. The number of sulfonamides is 1. The summed E-state index contributed by atoms with van der Waals surface area (Å²) in [6, 6.07) is -0.0162. The van der Waals surface area contributed by atoms with Crippen LogP contribution in [0.5, 0.6) is 0 Å². The van der Waals surface area contributed by atoms with Crippen LogP contribution in [-0.2, 0) is 23.0 Å². The Bertz CT molecular complexity index is 523. The largest absolute Gasteiger partial charge is 0.333 e. The normalized spacial score (nSPS) is 24.1. The summed E-state index contributed by atoms with van der Waals surface area (Å²) in [6.07, 6.45) is 6.64. The molecule has 1 atom stereocenters. The summed E-state index contributed by atoms with van der Waals surface area (Å²) in [6.45, 7) is 2.55. The number of fused-ring (bicyclic) bond motifs is 1. The first-order valence-electron chi connectivity index (χ1n) is 6.94. The van der Waals surface area contributed by atoms with Gasteiger partial charge in [0.2, 0.25) is 0 Å². The van der Waals surface area contributed by atoms with Gasteiger partial charge in [0, 0.05) is 31.7 Å². The highest BCUT2D eigenvalue weighted by molar-refractivity contribution is 7.89. The molecule has 0 bridgehead atoms. The fourth-order valence-electron chi connectivity index (χ4n) is 2.75. The maximum Gasteiger partial charge on any atom is 0.259 e. The van der Waals surface area contributed by atoms with Crippen molar-refractivity contribution in [3.8, 4) is 0 Å². The van der Waals surface area contributed by atoms with Crippen LogP contribution in [0.15, 0.2) is 11.2 Å². The summed E-state index contributed by atoms with van der Waals surface area (Å²) >= 11 is 0. The molecule has 2 N–H and O–H groups in total. The number of imidazole rings is 1. The van der Waals surface area contributed by atoms with E-state index in [1.165, 1.54) is 0 Å². The molecule has 1 aromatic rings. The van der Waals surface area contributed by atoms with Gasteiger partial charge in [-0.2, -0.15) is 0 Å². The quantitative estimate of drug-likeness (QED) is 0.834. The number of nitrogens with zero attached hydrogens (tertiary/aromatic N) is 2. The van der Waals surface area contributed by atoms with Crippen molar-refractivity contribution in [3.63, 3.8) is 0 Å². The maximum atomic E-state index is 12.3. The summed E-state index contributed by atoms with van der Waals surface area (Å²) in [5.41, 5.74) is 0. The van der Waals surface area contributed by atoms with E-state index in [1.54, 1.807) is 6.20 Å². The van der Waals surface area contributed by atoms with Gasteiger partial charge in [-0.25, -0.2) is 18.1 Å². The Hall–Kier alpha value is -0.920. The average molecular weight is 284 g/mol. The number of nitrogens with one attached hydrogen (secondary N) is 2. The number of rotatable bonds is 3. The minimum Gasteiger partial charge on any atom is -0.333 e. The predicted molar refractivity (Wildman–Crippen MR) is 71.4 cm³/mol. The molecule has 0 radical (unpaired) electrons. The van der Waals surface area contributed by atoms with Crippen molar-refractivity contribution in [1.82, 2.24) is 19.6 Å². The lowest BCUT2D eigenvalue weighted by Gasteiger charge is -2.23. The molecule has 2 aliphatic heterocycles. The van der Waals surface area contributed by atoms with Gasteiger partial charge in [0.15, 0.2) is 5.03 Å². The molecule has 1 fully saturated rings. The van der Waals surface area contributed by atoms with E-state index in [-0.39, 0.29) is 11.1 Å². The van der Waals surface area contributed by atoms with Crippen LogP contribution in [0.25, 0.3) is 0 Å². The molecule has 0 saturated carbocycles. The van der Waals surface area contributed by atoms with Crippen LogP contribution in [0.3, 0.4) is 0 Å². The first-order valence-corrected chi connectivity index (χ1v) is 8.42. The molecule has 0 unspecified atom stereocenters. The van der Waals surface area contributed by atoms with Gasteiger partial charge in [0.05, 0.1) is 0 Å². The van der Waals surface area contributed by atoms with Gasteiger partial charge in [-0.3, -0.25) is 0 Å². The number of hydrogen-bond acceptors (Lipinski definition) is 4. The average Bonchev–Trinajstić information content (AvgIpc) is 2.84. The molecule has 19 heavy (non-hydrogen) atoms. The van der Waals surface area contributed by atoms with Gasteiger partial charge in [-0.05, 0) is 32.2 Å². The molecule has 0 amide bonds. The van der Waals surface area contributed by atoms with Gasteiger partial charge in [-0.15, -0.1) is 0 Å². The van der Waals surface area contributed by atoms with Crippen LogP contribution >= 0.6 is 0 Å². The predicted octanol–water partition coefficient (Wildman–Crippen LogP) is 0.250. The summed E-state index contributed by atoms with van der Waals surface area (Å²) in [5.74, 6) is 0.897. The van der Waals surface area contributed by atoms with E-state index < -0.39 is 10.0 Å². The monoisotopic (exact) mass is 284 g/mol. The molecule has 0 aromatic carbocycles.